The summed E-state index contributed by atoms with van der Waals surface area (Å²) in [6, 6.07) is 7.16. The van der Waals surface area contributed by atoms with Crippen LogP contribution in [0.25, 0.3) is 0 Å². The summed E-state index contributed by atoms with van der Waals surface area (Å²) in [6.45, 7) is 7.86. The fourth-order valence-electron chi connectivity index (χ4n) is 2.64. The van der Waals surface area contributed by atoms with E-state index in [1.807, 2.05) is 0 Å². The SMILES string of the molecule is CCc1cccc2c1N(C)C(C(C)C)CN2. The summed E-state index contributed by atoms with van der Waals surface area (Å²) in [5.41, 5.74) is 4.13. The molecule has 1 aliphatic rings. The molecule has 1 aromatic rings. The Kier molecular flexibility index (Phi) is 3.08. The maximum atomic E-state index is 3.56. The van der Waals surface area contributed by atoms with Gasteiger partial charge in [-0.25, -0.2) is 0 Å². The van der Waals surface area contributed by atoms with Crippen LogP contribution >= 0.6 is 0 Å². The minimum atomic E-state index is 0.597. The lowest BCUT2D eigenvalue weighted by molar-refractivity contribution is 0.481. The van der Waals surface area contributed by atoms with E-state index < -0.39 is 0 Å². The molecule has 88 valence electrons. The van der Waals surface area contributed by atoms with Gasteiger partial charge in [0.25, 0.3) is 0 Å². The number of aryl methyl sites for hydroxylation is 1. The van der Waals surface area contributed by atoms with Gasteiger partial charge >= 0.3 is 0 Å². The third-order valence-corrected chi connectivity index (χ3v) is 3.62. The number of benzene rings is 1. The van der Waals surface area contributed by atoms with E-state index in [0.29, 0.717) is 12.0 Å². The van der Waals surface area contributed by atoms with Crippen molar-refractivity contribution in [2.45, 2.75) is 33.2 Å². The zero-order valence-electron chi connectivity index (χ0n) is 10.7. The molecule has 1 N–H and O–H groups in total. The van der Waals surface area contributed by atoms with Crippen LogP contribution in [0.4, 0.5) is 11.4 Å². The molecule has 0 fully saturated rings. The highest BCUT2D eigenvalue weighted by molar-refractivity contribution is 5.76. The van der Waals surface area contributed by atoms with E-state index in [-0.39, 0.29) is 0 Å². The van der Waals surface area contributed by atoms with E-state index in [1.165, 1.54) is 16.9 Å². The van der Waals surface area contributed by atoms with Crippen LogP contribution in [0.3, 0.4) is 0 Å². The fourth-order valence-corrected chi connectivity index (χ4v) is 2.64. The number of fused-ring (bicyclic) bond motifs is 1. The quantitative estimate of drug-likeness (QED) is 0.820. The van der Waals surface area contributed by atoms with Crippen LogP contribution < -0.4 is 10.2 Å². The Balaban J connectivity index is 2.42. The molecule has 0 radical (unpaired) electrons. The first-order valence-electron chi connectivity index (χ1n) is 6.23. The molecule has 1 unspecified atom stereocenters. The molecule has 0 spiro atoms. The monoisotopic (exact) mass is 218 g/mol. The predicted octanol–water partition coefficient (Wildman–Crippen LogP) is 3.14. The first-order chi connectivity index (χ1) is 7.65. The summed E-state index contributed by atoms with van der Waals surface area (Å²) < 4.78 is 0. The van der Waals surface area contributed by atoms with Gasteiger partial charge in [-0.1, -0.05) is 32.9 Å². The topological polar surface area (TPSA) is 15.3 Å². The first kappa shape index (κ1) is 11.3. The van der Waals surface area contributed by atoms with Gasteiger partial charge in [-0.3, -0.25) is 0 Å². The highest BCUT2D eigenvalue weighted by Gasteiger charge is 2.26. The van der Waals surface area contributed by atoms with Crippen molar-refractivity contribution in [2.24, 2.45) is 5.92 Å². The molecular formula is C14H22N2. The Bertz CT molecular complexity index is 357. The Morgan fingerprint density at radius 1 is 1.44 bits per heavy atom. The minimum absolute atomic E-state index is 0.597. The van der Waals surface area contributed by atoms with Crippen molar-refractivity contribution >= 4 is 11.4 Å². The lowest BCUT2D eigenvalue weighted by Crippen LogP contribution is -2.45. The fraction of sp³-hybridized carbons (Fsp3) is 0.571. The van der Waals surface area contributed by atoms with E-state index in [9.17, 15) is 0 Å². The Morgan fingerprint density at radius 3 is 2.81 bits per heavy atom. The molecule has 2 heteroatoms. The predicted molar refractivity (Wildman–Crippen MR) is 71.3 cm³/mol. The normalized spacial score (nSPS) is 19.6. The highest BCUT2D eigenvalue weighted by atomic mass is 15.2. The van der Waals surface area contributed by atoms with E-state index in [2.05, 4.69) is 56.2 Å². The molecule has 1 heterocycles. The van der Waals surface area contributed by atoms with Gasteiger partial charge in [-0.05, 0) is 24.0 Å². The van der Waals surface area contributed by atoms with Gasteiger partial charge in [0, 0.05) is 19.6 Å². The van der Waals surface area contributed by atoms with E-state index in [1.54, 1.807) is 0 Å². The van der Waals surface area contributed by atoms with Crippen molar-refractivity contribution in [3.63, 3.8) is 0 Å². The van der Waals surface area contributed by atoms with Crippen LogP contribution in [0.2, 0.25) is 0 Å². The number of hydrogen-bond donors (Lipinski definition) is 1. The van der Waals surface area contributed by atoms with Crippen molar-refractivity contribution in [1.82, 2.24) is 0 Å². The number of nitrogens with zero attached hydrogens (tertiary/aromatic N) is 1. The van der Waals surface area contributed by atoms with Crippen molar-refractivity contribution in [2.75, 3.05) is 23.8 Å². The Morgan fingerprint density at radius 2 is 2.19 bits per heavy atom. The minimum Gasteiger partial charge on any atom is -0.381 e. The lowest BCUT2D eigenvalue weighted by Gasteiger charge is -2.40. The smallest absolute Gasteiger partial charge is 0.0635 e. The molecule has 0 saturated carbocycles. The molecular weight excluding hydrogens is 196 g/mol. The van der Waals surface area contributed by atoms with Gasteiger partial charge in [-0.15, -0.1) is 0 Å². The summed E-state index contributed by atoms with van der Waals surface area (Å²) >= 11 is 0. The zero-order chi connectivity index (χ0) is 11.7. The molecule has 2 rings (SSSR count). The molecule has 1 aromatic carbocycles. The second-order valence-electron chi connectivity index (χ2n) is 4.97. The molecule has 1 aliphatic heterocycles. The molecule has 2 nitrogen and oxygen atoms in total. The van der Waals surface area contributed by atoms with Gasteiger partial charge in [0.05, 0.1) is 11.4 Å². The molecule has 0 aromatic heterocycles. The van der Waals surface area contributed by atoms with Crippen LogP contribution in [0.5, 0.6) is 0 Å². The molecule has 16 heavy (non-hydrogen) atoms. The summed E-state index contributed by atoms with van der Waals surface area (Å²) in [5.74, 6) is 0.676. The van der Waals surface area contributed by atoms with Crippen molar-refractivity contribution < 1.29 is 0 Å². The summed E-state index contributed by atoms with van der Waals surface area (Å²) in [5, 5.41) is 3.56. The number of para-hydroxylation sites is 1. The number of anilines is 2. The Hall–Kier alpha value is -1.18. The number of nitrogens with one attached hydrogen (secondary N) is 1. The lowest BCUT2D eigenvalue weighted by atomic mass is 9.97. The van der Waals surface area contributed by atoms with Crippen LogP contribution in [0.1, 0.15) is 26.3 Å². The number of rotatable bonds is 2. The van der Waals surface area contributed by atoms with Crippen LogP contribution in [-0.4, -0.2) is 19.6 Å². The largest absolute Gasteiger partial charge is 0.381 e. The summed E-state index contributed by atoms with van der Waals surface area (Å²) in [6.07, 6.45) is 1.10. The van der Waals surface area contributed by atoms with E-state index in [0.717, 1.165) is 13.0 Å². The molecule has 0 amide bonds. The van der Waals surface area contributed by atoms with Crippen LogP contribution in [0.15, 0.2) is 18.2 Å². The number of likely N-dealkylation sites (N-methyl/N-ethyl adjacent to an activating group) is 1. The summed E-state index contributed by atoms with van der Waals surface area (Å²) in [7, 11) is 2.23. The zero-order valence-corrected chi connectivity index (χ0v) is 10.7. The van der Waals surface area contributed by atoms with Gasteiger partial charge in [-0.2, -0.15) is 0 Å². The second-order valence-corrected chi connectivity index (χ2v) is 4.97. The van der Waals surface area contributed by atoms with Gasteiger partial charge < -0.3 is 10.2 Å². The third-order valence-electron chi connectivity index (χ3n) is 3.62. The van der Waals surface area contributed by atoms with Gasteiger partial charge in [0.1, 0.15) is 0 Å². The van der Waals surface area contributed by atoms with Gasteiger partial charge in [0.15, 0.2) is 0 Å². The molecule has 1 atom stereocenters. The standard InChI is InChI=1S/C14H22N2/c1-5-11-7-6-8-12-14(11)16(4)13(9-15-12)10(2)3/h6-8,10,13,15H,5,9H2,1-4H3. The van der Waals surface area contributed by atoms with Crippen LogP contribution in [-0.2, 0) is 6.42 Å². The van der Waals surface area contributed by atoms with Crippen molar-refractivity contribution in [3.8, 4) is 0 Å². The first-order valence-corrected chi connectivity index (χ1v) is 6.23. The Labute approximate surface area is 98.7 Å². The number of hydrogen-bond acceptors (Lipinski definition) is 2. The average molecular weight is 218 g/mol. The maximum absolute atomic E-state index is 3.56. The van der Waals surface area contributed by atoms with Gasteiger partial charge in [0.2, 0.25) is 0 Å². The maximum Gasteiger partial charge on any atom is 0.0635 e. The second kappa shape index (κ2) is 4.36. The van der Waals surface area contributed by atoms with E-state index in [4.69, 9.17) is 0 Å². The highest BCUT2D eigenvalue weighted by Crippen LogP contribution is 2.35. The van der Waals surface area contributed by atoms with Crippen molar-refractivity contribution in [3.05, 3.63) is 23.8 Å². The van der Waals surface area contributed by atoms with Crippen molar-refractivity contribution in [1.29, 1.82) is 0 Å². The summed E-state index contributed by atoms with van der Waals surface area (Å²) in [4.78, 5) is 2.45. The third kappa shape index (κ3) is 1.77. The molecule has 0 bridgehead atoms. The van der Waals surface area contributed by atoms with E-state index >= 15 is 0 Å². The van der Waals surface area contributed by atoms with Crippen LogP contribution in [0, 0.1) is 5.92 Å². The molecule has 0 saturated heterocycles. The molecule has 0 aliphatic carbocycles. The average Bonchev–Trinajstić information content (AvgIpc) is 2.28.